The minimum absolute atomic E-state index is 0.127. The predicted octanol–water partition coefficient (Wildman–Crippen LogP) is 1.17. The number of ether oxygens (including phenoxy) is 1. The fourth-order valence-corrected chi connectivity index (χ4v) is 1.57. The number of aromatic hydroxyl groups is 1. The van der Waals surface area contributed by atoms with Gasteiger partial charge in [-0.2, -0.15) is 0 Å². The van der Waals surface area contributed by atoms with E-state index >= 15 is 0 Å². The van der Waals surface area contributed by atoms with Crippen LogP contribution in [0.4, 0.5) is 0 Å². The minimum Gasteiger partial charge on any atom is -0.508 e. The van der Waals surface area contributed by atoms with Gasteiger partial charge in [0.25, 0.3) is 0 Å². The topological polar surface area (TPSA) is 66.8 Å². The quantitative estimate of drug-likeness (QED) is 0.704. The Morgan fingerprint density at radius 3 is 2.93 bits per heavy atom. The van der Waals surface area contributed by atoms with Crippen LogP contribution in [0.15, 0.2) is 18.2 Å². The number of aliphatic carboxylic acids is 1. The van der Waals surface area contributed by atoms with E-state index in [1.165, 1.54) is 19.1 Å². The molecule has 0 aliphatic carbocycles. The average molecular weight is 194 g/mol. The second kappa shape index (κ2) is 2.64. The highest BCUT2D eigenvalue weighted by atomic mass is 16.5. The maximum absolute atomic E-state index is 10.9. The molecule has 0 bridgehead atoms. The zero-order chi connectivity index (χ0) is 10.3. The maximum Gasteiger partial charge on any atom is 0.348 e. The summed E-state index contributed by atoms with van der Waals surface area (Å²) in [6, 6.07) is 4.59. The third-order valence-electron chi connectivity index (χ3n) is 2.36. The van der Waals surface area contributed by atoms with Crippen molar-refractivity contribution in [3.05, 3.63) is 23.8 Å². The minimum atomic E-state index is -1.20. The van der Waals surface area contributed by atoms with Gasteiger partial charge >= 0.3 is 5.97 Å². The van der Waals surface area contributed by atoms with E-state index in [1.54, 1.807) is 6.07 Å². The molecule has 0 saturated carbocycles. The number of carbonyl (C=O) groups is 1. The lowest BCUT2D eigenvalue weighted by Gasteiger charge is -2.17. The summed E-state index contributed by atoms with van der Waals surface area (Å²) >= 11 is 0. The van der Waals surface area contributed by atoms with Crippen LogP contribution in [-0.2, 0) is 11.2 Å². The third-order valence-corrected chi connectivity index (χ3v) is 2.36. The van der Waals surface area contributed by atoms with Crippen LogP contribution < -0.4 is 4.74 Å². The van der Waals surface area contributed by atoms with Gasteiger partial charge < -0.3 is 14.9 Å². The van der Waals surface area contributed by atoms with Crippen molar-refractivity contribution in [2.75, 3.05) is 0 Å². The Hall–Kier alpha value is -1.71. The molecule has 0 spiro atoms. The molecule has 0 amide bonds. The van der Waals surface area contributed by atoms with Crippen molar-refractivity contribution < 1.29 is 19.7 Å². The molecule has 14 heavy (non-hydrogen) atoms. The molecule has 1 heterocycles. The maximum atomic E-state index is 10.9. The van der Waals surface area contributed by atoms with E-state index in [4.69, 9.17) is 9.84 Å². The lowest BCUT2D eigenvalue weighted by molar-refractivity contribution is -0.152. The molecular formula is C10H10O4. The first-order valence-corrected chi connectivity index (χ1v) is 4.25. The van der Waals surface area contributed by atoms with E-state index in [2.05, 4.69) is 0 Å². The van der Waals surface area contributed by atoms with Gasteiger partial charge in [0.05, 0.1) is 0 Å². The Kier molecular flexibility index (Phi) is 1.67. The molecule has 2 rings (SSSR count). The number of hydrogen-bond donors (Lipinski definition) is 2. The number of phenols is 1. The Morgan fingerprint density at radius 2 is 2.29 bits per heavy atom. The number of phenolic OH excluding ortho intramolecular Hbond substituents is 1. The highest BCUT2D eigenvalue weighted by Crippen LogP contribution is 2.36. The summed E-state index contributed by atoms with van der Waals surface area (Å²) in [5.74, 6) is -0.331. The van der Waals surface area contributed by atoms with Gasteiger partial charge in [0.1, 0.15) is 11.5 Å². The Balaban J connectivity index is 2.39. The lowest BCUT2D eigenvalue weighted by Crippen LogP contribution is -2.39. The van der Waals surface area contributed by atoms with Gasteiger partial charge in [0.15, 0.2) is 0 Å². The molecule has 1 aromatic carbocycles. The molecule has 74 valence electrons. The highest BCUT2D eigenvalue weighted by molar-refractivity contribution is 5.79. The first kappa shape index (κ1) is 8.87. The summed E-state index contributed by atoms with van der Waals surface area (Å²) in [7, 11) is 0. The van der Waals surface area contributed by atoms with E-state index < -0.39 is 11.6 Å². The van der Waals surface area contributed by atoms with E-state index in [9.17, 15) is 9.90 Å². The highest BCUT2D eigenvalue weighted by Gasteiger charge is 2.41. The van der Waals surface area contributed by atoms with Crippen LogP contribution in [0.25, 0.3) is 0 Å². The normalized spacial score (nSPS) is 24.1. The molecule has 1 aliphatic heterocycles. The van der Waals surface area contributed by atoms with Crippen molar-refractivity contribution in [2.24, 2.45) is 0 Å². The Labute approximate surface area is 80.7 Å². The Morgan fingerprint density at radius 1 is 1.57 bits per heavy atom. The van der Waals surface area contributed by atoms with Crippen LogP contribution in [0, 0.1) is 0 Å². The van der Waals surface area contributed by atoms with Crippen molar-refractivity contribution in [2.45, 2.75) is 18.9 Å². The number of carboxylic acids is 1. The first-order chi connectivity index (χ1) is 6.51. The van der Waals surface area contributed by atoms with Crippen molar-refractivity contribution in [1.82, 2.24) is 0 Å². The van der Waals surface area contributed by atoms with E-state index in [1.807, 2.05) is 0 Å². The molecule has 1 aliphatic rings. The fourth-order valence-electron chi connectivity index (χ4n) is 1.57. The first-order valence-electron chi connectivity index (χ1n) is 4.25. The van der Waals surface area contributed by atoms with Crippen molar-refractivity contribution in [3.8, 4) is 11.5 Å². The van der Waals surface area contributed by atoms with E-state index in [-0.39, 0.29) is 12.2 Å². The summed E-state index contributed by atoms with van der Waals surface area (Å²) in [5.41, 5.74) is -0.467. The second-order valence-electron chi connectivity index (χ2n) is 3.61. The molecule has 0 fully saturated rings. The predicted molar refractivity (Wildman–Crippen MR) is 48.5 cm³/mol. The average Bonchev–Trinajstić information content (AvgIpc) is 2.42. The van der Waals surface area contributed by atoms with Gasteiger partial charge in [-0.15, -0.1) is 0 Å². The monoisotopic (exact) mass is 194 g/mol. The summed E-state index contributed by atoms with van der Waals surface area (Å²) in [5, 5.41) is 18.1. The molecule has 1 unspecified atom stereocenters. The molecule has 0 aromatic heterocycles. The van der Waals surface area contributed by atoms with Gasteiger partial charge in [0.2, 0.25) is 5.60 Å². The van der Waals surface area contributed by atoms with Crippen molar-refractivity contribution >= 4 is 5.97 Å². The van der Waals surface area contributed by atoms with Crippen LogP contribution in [0.1, 0.15) is 12.5 Å². The van der Waals surface area contributed by atoms with Gasteiger partial charge in [-0.3, -0.25) is 0 Å². The van der Waals surface area contributed by atoms with Crippen LogP contribution in [0.5, 0.6) is 11.5 Å². The third kappa shape index (κ3) is 1.19. The van der Waals surface area contributed by atoms with E-state index in [0.29, 0.717) is 5.75 Å². The summed E-state index contributed by atoms with van der Waals surface area (Å²) < 4.78 is 5.30. The van der Waals surface area contributed by atoms with Crippen LogP contribution in [0.2, 0.25) is 0 Å². The van der Waals surface area contributed by atoms with Crippen LogP contribution in [0.3, 0.4) is 0 Å². The van der Waals surface area contributed by atoms with Gasteiger partial charge in [-0.25, -0.2) is 4.79 Å². The molecule has 1 atom stereocenters. The Bertz CT molecular complexity index is 399. The number of hydrogen-bond acceptors (Lipinski definition) is 3. The van der Waals surface area contributed by atoms with Crippen molar-refractivity contribution in [1.29, 1.82) is 0 Å². The molecule has 4 nitrogen and oxygen atoms in total. The zero-order valence-corrected chi connectivity index (χ0v) is 7.65. The van der Waals surface area contributed by atoms with Crippen LogP contribution >= 0.6 is 0 Å². The molecule has 0 saturated heterocycles. The zero-order valence-electron chi connectivity index (χ0n) is 7.65. The number of benzene rings is 1. The van der Waals surface area contributed by atoms with Gasteiger partial charge in [-0.05, 0) is 25.1 Å². The van der Waals surface area contributed by atoms with Crippen molar-refractivity contribution in [3.63, 3.8) is 0 Å². The molecular weight excluding hydrogens is 184 g/mol. The van der Waals surface area contributed by atoms with Gasteiger partial charge in [-0.1, -0.05) is 0 Å². The number of rotatable bonds is 1. The second-order valence-corrected chi connectivity index (χ2v) is 3.61. The smallest absolute Gasteiger partial charge is 0.348 e. The largest absolute Gasteiger partial charge is 0.508 e. The van der Waals surface area contributed by atoms with Crippen LogP contribution in [-0.4, -0.2) is 21.8 Å². The summed E-state index contributed by atoms with van der Waals surface area (Å²) in [6.07, 6.45) is 0.284. The SMILES string of the molecule is CC1(C(=O)O)Cc2cc(O)ccc2O1. The van der Waals surface area contributed by atoms with Gasteiger partial charge in [0, 0.05) is 12.0 Å². The standard InChI is InChI=1S/C10H10O4/c1-10(9(12)13)5-6-4-7(11)2-3-8(6)14-10/h2-4,11H,5H2,1H3,(H,12,13). The van der Waals surface area contributed by atoms with E-state index in [0.717, 1.165) is 5.56 Å². The number of carboxylic acid groups (broad SMARTS) is 1. The molecule has 1 aromatic rings. The molecule has 4 heteroatoms. The lowest BCUT2D eigenvalue weighted by atomic mass is 10.00. The summed E-state index contributed by atoms with van der Waals surface area (Å²) in [6.45, 7) is 1.52. The summed E-state index contributed by atoms with van der Waals surface area (Å²) in [4.78, 5) is 10.9. The molecule has 0 radical (unpaired) electrons. The number of fused-ring (bicyclic) bond motifs is 1. The molecule has 2 N–H and O–H groups in total. The fraction of sp³-hybridized carbons (Fsp3) is 0.300.